The molecule has 0 atom stereocenters. The molecular formula is C11H17NO. The lowest BCUT2D eigenvalue weighted by Crippen LogP contribution is -2.00. The first-order chi connectivity index (χ1) is 6.24. The van der Waals surface area contributed by atoms with Crippen LogP contribution in [-0.4, -0.2) is 11.7 Å². The average molecular weight is 179 g/mol. The number of benzene rings is 1. The van der Waals surface area contributed by atoms with Gasteiger partial charge in [0.2, 0.25) is 0 Å². The molecule has 0 unspecified atom stereocenters. The van der Waals surface area contributed by atoms with Gasteiger partial charge in [0.15, 0.2) is 0 Å². The number of nitrogens with one attached hydrogen (secondary N) is 1. The first-order valence-electron chi connectivity index (χ1n) is 4.77. The molecule has 0 aliphatic carbocycles. The molecule has 0 radical (unpaired) electrons. The number of hydrogen-bond acceptors (Lipinski definition) is 2. The summed E-state index contributed by atoms with van der Waals surface area (Å²) < 4.78 is 0. The van der Waals surface area contributed by atoms with E-state index in [0.717, 1.165) is 24.2 Å². The van der Waals surface area contributed by atoms with Gasteiger partial charge in [-0.15, -0.1) is 0 Å². The summed E-state index contributed by atoms with van der Waals surface area (Å²) in [7, 11) is 0. The first kappa shape index (κ1) is 9.90. The Morgan fingerprint density at radius 1 is 1.38 bits per heavy atom. The minimum Gasteiger partial charge on any atom is -0.508 e. The van der Waals surface area contributed by atoms with Crippen LogP contribution < -0.4 is 5.32 Å². The van der Waals surface area contributed by atoms with Crippen molar-refractivity contribution >= 4 is 5.69 Å². The Morgan fingerprint density at radius 2 is 2.15 bits per heavy atom. The van der Waals surface area contributed by atoms with Crippen LogP contribution in [0.2, 0.25) is 0 Å². The van der Waals surface area contributed by atoms with E-state index in [1.165, 1.54) is 6.42 Å². The molecule has 2 nitrogen and oxygen atoms in total. The molecule has 2 heteroatoms. The van der Waals surface area contributed by atoms with Crippen LogP contribution in [0.3, 0.4) is 0 Å². The highest BCUT2D eigenvalue weighted by molar-refractivity contribution is 5.50. The van der Waals surface area contributed by atoms with Crippen molar-refractivity contribution < 1.29 is 5.11 Å². The van der Waals surface area contributed by atoms with Crippen LogP contribution in [0, 0.1) is 6.92 Å². The highest BCUT2D eigenvalue weighted by Gasteiger charge is 1.96. The number of anilines is 1. The molecule has 72 valence electrons. The molecule has 0 bridgehead atoms. The van der Waals surface area contributed by atoms with Crippen LogP contribution in [0.25, 0.3) is 0 Å². The molecule has 2 N–H and O–H groups in total. The highest BCUT2D eigenvalue weighted by Crippen LogP contribution is 2.20. The van der Waals surface area contributed by atoms with Crippen molar-refractivity contribution in [1.29, 1.82) is 0 Å². The van der Waals surface area contributed by atoms with Gasteiger partial charge in [-0.2, -0.15) is 0 Å². The Labute approximate surface area is 79.6 Å². The number of aromatic hydroxyl groups is 1. The van der Waals surface area contributed by atoms with Crippen molar-refractivity contribution in [3.8, 4) is 5.75 Å². The first-order valence-corrected chi connectivity index (χ1v) is 4.77. The average Bonchev–Trinajstić information content (AvgIpc) is 2.12. The molecule has 1 aromatic rings. The normalized spacial score (nSPS) is 10.0. The summed E-state index contributed by atoms with van der Waals surface area (Å²) in [6.45, 7) is 5.03. The SMILES string of the molecule is CCCCNc1ccc(C)c(O)c1. The molecule has 0 saturated carbocycles. The fourth-order valence-corrected chi connectivity index (χ4v) is 1.13. The van der Waals surface area contributed by atoms with Crippen LogP contribution in [0.15, 0.2) is 18.2 Å². The van der Waals surface area contributed by atoms with Crippen LogP contribution in [0.5, 0.6) is 5.75 Å². The zero-order valence-corrected chi connectivity index (χ0v) is 8.30. The molecule has 0 aliphatic heterocycles. The number of phenolic OH excluding ortho intramolecular Hbond substituents is 1. The third-order valence-corrected chi connectivity index (χ3v) is 2.07. The largest absolute Gasteiger partial charge is 0.508 e. The highest BCUT2D eigenvalue weighted by atomic mass is 16.3. The van der Waals surface area contributed by atoms with Crippen molar-refractivity contribution in [3.63, 3.8) is 0 Å². The standard InChI is InChI=1S/C11H17NO/c1-3-4-7-12-10-6-5-9(2)11(13)8-10/h5-6,8,12-13H,3-4,7H2,1-2H3. The fourth-order valence-electron chi connectivity index (χ4n) is 1.13. The van der Waals surface area contributed by atoms with Crippen LogP contribution >= 0.6 is 0 Å². The molecule has 1 rings (SSSR count). The quantitative estimate of drug-likeness (QED) is 0.696. The summed E-state index contributed by atoms with van der Waals surface area (Å²) in [6.07, 6.45) is 2.35. The van der Waals surface area contributed by atoms with E-state index < -0.39 is 0 Å². The number of unbranched alkanes of at least 4 members (excludes halogenated alkanes) is 1. The van der Waals surface area contributed by atoms with Gasteiger partial charge < -0.3 is 10.4 Å². The Balaban J connectivity index is 2.53. The minimum absolute atomic E-state index is 0.362. The second-order valence-corrected chi connectivity index (χ2v) is 3.28. The lowest BCUT2D eigenvalue weighted by molar-refractivity contribution is 0.471. The van der Waals surface area contributed by atoms with E-state index in [2.05, 4.69) is 12.2 Å². The van der Waals surface area contributed by atoms with Gasteiger partial charge in [0, 0.05) is 18.3 Å². The fraction of sp³-hybridized carbons (Fsp3) is 0.455. The molecule has 0 amide bonds. The van der Waals surface area contributed by atoms with Crippen LogP contribution in [0.1, 0.15) is 25.3 Å². The Hall–Kier alpha value is -1.18. The predicted molar refractivity (Wildman–Crippen MR) is 56.2 cm³/mol. The van der Waals surface area contributed by atoms with Crippen molar-refractivity contribution in [2.24, 2.45) is 0 Å². The maximum atomic E-state index is 9.42. The number of aryl methyl sites for hydroxylation is 1. The van der Waals surface area contributed by atoms with E-state index in [9.17, 15) is 5.11 Å². The van der Waals surface area contributed by atoms with Crippen molar-refractivity contribution in [2.75, 3.05) is 11.9 Å². The van der Waals surface area contributed by atoms with Crippen LogP contribution in [0.4, 0.5) is 5.69 Å². The molecule has 0 heterocycles. The van der Waals surface area contributed by atoms with Gasteiger partial charge in [0.05, 0.1) is 0 Å². The Bertz CT molecular complexity index is 271. The molecule has 13 heavy (non-hydrogen) atoms. The summed E-state index contributed by atoms with van der Waals surface area (Å²) >= 11 is 0. The Kier molecular flexibility index (Phi) is 3.62. The topological polar surface area (TPSA) is 32.3 Å². The molecule has 0 aromatic heterocycles. The van der Waals surface area contributed by atoms with E-state index in [-0.39, 0.29) is 0 Å². The second kappa shape index (κ2) is 4.75. The third-order valence-electron chi connectivity index (χ3n) is 2.07. The zero-order chi connectivity index (χ0) is 9.68. The van der Waals surface area contributed by atoms with Crippen LogP contribution in [-0.2, 0) is 0 Å². The molecule has 0 saturated heterocycles. The molecule has 0 aliphatic rings. The van der Waals surface area contributed by atoms with Gasteiger partial charge >= 0.3 is 0 Å². The number of rotatable bonds is 4. The zero-order valence-electron chi connectivity index (χ0n) is 8.30. The lowest BCUT2D eigenvalue weighted by Gasteiger charge is -2.06. The summed E-state index contributed by atoms with van der Waals surface area (Å²) in [5, 5.41) is 12.7. The van der Waals surface area contributed by atoms with Gasteiger partial charge in [0.25, 0.3) is 0 Å². The van der Waals surface area contributed by atoms with Gasteiger partial charge in [-0.25, -0.2) is 0 Å². The van der Waals surface area contributed by atoms with E-state index in [4.69, 9.17) is 0 Å². The number of hydrogen-bond donors (Lipinski definition) is 2. The smallest absolute Gasteiger partial charge is 0.120 e. The van der Waals surface area contributed by atoms with E-state index in [1.54, 1.807) is 6.07 Å². The molecule has 0 spiro atoms. The Morgan fingerprint density at radius 3 is 2.77 bits per heavy atom. The van der Waals surface area contributed by atoms with Crippen molar-refractivity contribution in [1.82, 2.24) is 0 Å². The summed E-state index contributed by atoms with van der Waals surface area (Å²) in [4.78, 5) is 0. The maximum Gasteiger partial charge on any atom is 0.120 e. The van der Waals surface area contributed by atoms with E-state index >= 15 is 0 Å². The van der Waals surface area contributed by atoms with Crippen molar-refractivity contribution in [2.45, 2.75) is 26.7 Å². The van der Waals surface area contributed by atoms with Gasteiger partial charge in [-0.05, 0) is 25.0 Å². The number of phenols is 1. The van der Waals surface area contributed by atoms with E-state index in [0.29, 0.717) is 5.75 Å². The summed E-state index contributed by atoms with van der Waals surface area (Å²) in [5.74, 6) is 0.362. The van der Waals surface area contributed by atoms with Gasteiger partial charge in [-0.3, -0.25) is 0 Å². The van der Waals surface area contributed by atoms with Gasteiger partial charge in [0.1, 0.15) is 5.75 Å². The molecular weight excluding hydrogens is 162 g/mol. The molecule has 0 fully saturated rings. The van der Waals surface area contributed by atoms with E-state index in [1.807, 2.05) is 19.1 Å². The van der Waals surface area contributed by atoms with Gasteiger partial charge in [-0.1, -0.05) is 19.4 Å². The third kappa shape index (κ3) is 2.98. The summed E-state index contributed by atoms with van der Waals surface area (Å²) in [6, 6.07) is 5.68. The predicted octanol–water partition coefficient (Wildman–Crippen LogP) is 2.91. The minimum atomic E-state index is 0.362. The lowest BCUT2D eigenvalue weighted by atomic mass is 10.2. The maximum absolute atomic E-state index is 9.42. The molecule has 1 aromatic carbocycles. The summed E-state index contributed by atoms with van der Waals surface area (Å²) in [5.41, 5.74) is 1.91. The monoisotopic (exact) mass is 179 g/mol. The second-order valence-electron chi connectivity index (χ2n) is 3.28. The van der Waals surface area contributed by atoms with Crippen molar-refractivity contribution in [3.05, 3.63) is 23.8 Å².